The zero-order valence-corrected chi connectivity index (χ0v) is 23.5. The van der Waals surface area contributed by atoms with Crippen LogP contribution in [0.25, 0.3) is 0 Å². The van der Waals surface area contributed by atoms with Crippen molar-refractivity contribution in [2.24, 2.45) is 0 Å². The maximum Gasteiger partial charge on any atom is 0.410 e. The van der Waals surface area contributed by atoms with Crippen molar-refractivity contribution < 1.29 is 33.3 Å². The normalized spacial score (nSPS) is 11.6. The zero-order chi connectivity index (χ0) is 28.6. The molecule has 0 aromatic heterocycles. The van der Waals surface area contributed by atoms with Crippen LogP contribution in [-0.2, 0) is 33.0 Å². The summed E-state index contributed by atoms with van der Waals surface area (Å²) in [5, 5.41) is 9.28. The van der Waals surface area contributed by atoms with E-state index in [-0.39, 0.29) is 25.5 Å². The summed E-state index contributed by atoms with van der Waals surface area (Å²) in [4.78, 5) is 25.8. The third kappa shape index (κ3) is 11.3. The van der Waals surface area contributed by atoms with Gasteiger partial charge in [0.05, 0.1) is 6.54 Å². The highest BCUT2D eigenvalue weighted by Gasteiger charge is 2.18. The Kier molecular flexibility index (Phi) is 13.3. The van der Waals surface area contributed by atoms with E-state index in [9.17, 15) is 19.1 Å². The highest BCUT2D eigenvalue weighted by Crippen LogP contribution is 2.16. The van der Waals surface area contributed by atoms with Gasteiger partial charge in [-0.3, -0.25) is 0 Å². The standard InChI is InChI=1S/C31H36FNO6S/c1-2-37-29(30(34)35)21-24-11-15-28(16-12-24)38-19-18-33(17-6-20-40-23-26-7-4-3-5-8-26)31(36)39-22-25-9-13-27(32)14-10-25/h3-5,7-16,29H,2,6,17-23H2,1H3,(H,34,35). The van der Waals surface area contributed by atoms with Gasteiger partial charge in [0.15, 0.2) is 6.10 Å². The van der Waals surface area contributed by atoms with Gasteiger partial charge >= 0.3 is 12.1 Å². The monoisotopic (exact) mass is 569 g/mol. The maximum absolute atomic E-state index is 13.2. The Morgan fingerprint density at radius 2 is 1.62 bits per heavy atom. The number of ether oxygens (including phenoxy) is 3. The Bertz CT molecular complexity index is 1160. The van der Waals surface area contributed by atoms with E-state index in [0.29, 0.717) is 31.0 Å². The summed E-state index contributed by atoms with van der Waals surface area (Å²) in [5.74, 6) is 1.08. The van der Waals surface area contributed by atoms with Gasteiger partial charge in [-0.1, -0.05) is 54.6 Å². The van der Waals surface area contributed by atoms with Crippen molar-refractivity contribution >= 4 is 23.8 Å². The van der Waals surface area contributed by atoms with Crippen LogP contribution in [0.15, 0.2) is 78.9 Å². The molecule has 7 nitrogen and oxygen atoms in total. The Labute approximate surface area is 239 Å². The molecule has 1 N–H and O–H groups in total. The van der Waals surface area contributed by atoms with Crippen LogP contribution in [0.4, 0.5) is 9.18 Å². The minimum absolute atomic E-state index is 0.0553. The average Bonchev–Trinajstić information content (AvgIpc) is 2.96. The fourth-order valence-corrected chi connectivity index (χ4v) is 4.77. The van der Waals surface area contributed by atoms with E-state index in [1.807, 2.05) is 42.1 Å². The fraction of sp³-hybridized carbons (Fsp3) is 0.355. The Morgan fingerprint density at radius 1 is 0.925 bits per heavy atom. The van der Waals surface area contributed by atoms with Crippen LogP contribution >= 0.6 is 11.8 Å². The summed E-state index contributed by atoms with van der Waals surface area (Å²) >= 11 is 1.81. The lowest BCUT2D eigenvalue weighted by atomic mass is 10.1. The van der Waals surface area contributed by atoms with Crippen molar-refractivity contribution in [3.8, 4) is 5.75 Å². The molecule has 3 aromatic carbocycles. The predicted molar refractivity (Wildman–Crippen MR) is 154 cm³/mol. The van der Waals surface area contributed by atoms with Crippen LogP contribution in [0.5, 0.6) is 5.75 Å². The smallest absolute Gasteiger partial charge is 0.410 e. The van der Waals surface area contributed by atoms with Crippen LogP contribution in [-0.4, -0.2) is 60.2 Å². The molecule has 0 spiro atoms. The highest BCUT2D eigenvalue weighted by molar-refractivity contribution is 7.98. The quantitative estimate of drug-likeness (QED) is 0.194. The Hall–Kier alpha value is -3.56. The van der Waals surface area contributed by atoms with Crippen molar-refractivity contribution in [2.45, 2.75) is 38.2 Å². The number of amides is 1. The first-order chi connectivity index (χ1) is 19.4. The molecule has 0 fully saturated rings. The number of hydrogen-bond acceptors (Lipinski definition) is 6. The lowest BCUT2D eigenvalue weighted by molar-refractivity contribution is -0.149. The summed E-state index contributed by atoms with van der Waals surface area (Å²) in [6.07, 6.45) is -0.286. The molecule has 9 heteroatoms. The molecule has 1 amide bonds. The van der Waals surface area contributed by atoms with Gasteiger partial charge in [-0.15, -0.1) is 0 Å². The molecular formula is C31H36FNO6S. The van der Waals surface area contributed by atoms with Crippen molar-refractivity contribution in [3.05, 3.63) is 101 Å². The van der Waals surface area contributed by atoms with Gasteiger partial charge in [0, 0.05) is 25.3 Å². The number of nitrogens with zero attached hydrogens (tertiary/aromatic N) is 1. The van der Waals surface area contributed by atoms with E-state index in [4.69, 9.17) is 14.2 Å². The second-order valence-electron chi connectivity index (χ2n) is 9.04. The molecule has 214 valence electrons. The molecule has 0 aliphatic rings. The molecule has 0 saturated heterocycles. The second-order valence-corrected chi connectivity index (χ2v) is 10.1. The van der Waals surface area contributed by atoms with Crippen molar-refractivity contribution in [1.82, 2.24) is 4.90 Å². The number of carbonyl (C=O) groups is 2. The lowest BCUT2D eigenvalue weighted by Gasteiger charge is -2.22. The number of carboxylic acids is 1. The van der Waals surface area contributed by atoms with Gasteiger partial charge < -0.3 is 24.2 Å². The summed E-state index contributed by atoms with van der Waals surface area (Å²) in [6.45, 7) is 3.25. The van der Waals surface area contributed by atoms with Crippen molar-refractivity contribution in [3.63, 3.8) is 0 Å². The van der Waals surface area contributed by atoms with E-state index in [1.165, 1.54) is 17.7 Å². The van der Waals surface area contributed by atoms with Gasteiger partial charge in [0.1, 0.15) is 24.8 Å². The third-order valence-corrected chi connectivity index (χ3v) is 7.09. The Balaban J connectivity index is 1.49. The summed E-state index contributed by atoms with van der Waals surface area (Å²) in [6, 6.07) is 23.3. The van der Waals surface area contributed by atoms with Crippen LogP contribution in [0.2, 0.25) is 0 Å². The van der Waals surface area contributed by atoms with Crippen LogP contribution in [0.1, 0.15) is 30.0 Å². The summed E-state index contributed by atoms with van der Waals surface area (Å²) in [5.41, 5.74) is 2.80. The number of hydrogen-bond donors (Lipinski definition) is 1. The number of halogens is 1. The summed E-state index contributed by atoms with van der Waals surface area (Å²) in [7, 11) is 0. The molecule has 0 heterocycles. The maximum atomic E-state index is 13.2. The highest BCUT2D eigenvalue weighted by atomic mass is 32.2. The van der Waals surface area contributed by atoms with E-state index in [0.717, 1.165) is 23.5 Å². The topological polar surface area (TPSA) is 85.3 Å². The molecule has 0 aliphatic carbocycles. The molecular weight excluding hydrogens is 533 g/mol. The molecule has 3 rings (SSSR count). The fourth-order valence-electron chi connectivity index (χ4n) is 3.86. The first-order valence-corrected chi connectivity index (χ1v) is 14.4. The van der Waals surface area contributed by atoms with Gasteiger partial charge in [-0.2, -0.15) is 11.8 Å². The van der Waals surface area contributed by atoms with Crippen molar-refractivity contribution in [2.75, 3.05) is 32.1 Å². The van der Waals surface area contributed by atoms with Gasteiger partial charge in [0.25, 0.3) is 0 Å². The van der Waals surface area contributed by atoms with E-state index < -0.39 is 18.2 Å². The number of carboxylic acid groups (broad SMARTS) is 1. The minimum atomic E-state index is -0.993. The number of thioether (sulfide) groups is 1. The van der Waals surface area contributed by atoms with Crippen LogP contribution in [0.3, 0.4) is 0 Å². The number of benzene rings is 3. The summed E-state index contributed by atoms with van der Waals surface area (Å²) < 4.78 is 29.8. The third-order valence-electron chi connectivity index (χ3n) is 5.98. The van der Waals surface area contributed by atoms with Gasteiger partial charge in [-0.05, 0) is 60.1 Å². The van der Waals surface area contributed by atoms with E-state index in [1.54, 1.807) is 36.1 Å². The van der Waals surface area contributed by atoms with Crippen molar-refractivity contribution in [1.29, 1.82) is 0 Å². The van der Waals surface area contributed by atoms with E-state index in [2.05, 4.69) is 12.1 Å². The van der Waals surface area contributed by atoms with Crippen LogP contribution in [0, 0.1) is 5.82 Å². The largest absolute Gasteiger partial charge is 0.492 e. The lowest BCUT2D eigenvalue weighted by Crippen LogP contribution is -2.36. The second kappa shape index (κ2) is 17.2. The predicted octanol–water partition coefficient (Wildman–Crippen LogP) is 6.20. The molecule has 1 unspecified atom stereocenters. The van der Waals surface area contributed by atoms with E-state index >= 15 is 0 Å². The minimum Gasteiger partial charge on any atom is -0.492 e. The molecule has 3 aromatic rings. The molecule has 0 aliphatic heterocycles. The first-order valence-electron chi connectivity index (χ1n) is 13.3. The Morgan fingerprint density at radius 3 is 2.30 bits per heavy atom. The first kappa shape index (κ1) is 31.0. The molecule has 0 bridgehead atoms. The molecule has 1 atom stereocenters. The molecule has 40 heavy (non-hydrogen) atoms. The SMILES string of the molecule is CCOC(Cc1ccc(OCCN(CCCSCc2ccccc2)C(=O)OCc2ccc(F)cc2)cc1)C(=O)O. The van der Waals surface area contributed by atoms with Gasteiger partial charge in [0.2, 0.25) is 0 Å². The zero-order valence-electron chi connectivity index (χ0n) is 22.7. The number of aliphatic carboxylic acids is 1. The number of carbonyl (C=O) groups excluding carboxylic acids is 1. The van der Waals surface area contributed by atoms with Gasteiger partial charge in [-0.25, -0.2) is 14.0 Å². The van der Waals surface area contributed by atoms with Crippen LogP contribution < -0.4 is 4.74 Å². The number of rotatable bonds is 17. The molecule has 0 saturated carbocycles. The average molecular weight is 570 g/mol. The molecule has 0 radical (unpaired) electrons.